The lowest BCUT2D eigenvalue weighted by atomic mass is 9.93. The third-order valence-corrected chi connectivity index (χ3v) is 9.35. The summed E-state index contributed by atoms with van der Waals surface area (Å²) >= 11 is 0. The first-order valence-electron chi connectivity index (χ1n) is 16.4. The quantitative estimate of drug-likeness (QED) is 0.278. The molecule has 2 aliphatic heterocycles. The van der Waals surface area contributed by atoms with E-state index in [-0.39, 0.29) is 12.5 Å². The van der Waals surface area contributed by atoms with Gasteiger partial charge in [0.2, 0.25) is 0 Å². The molecule has 3 N–H and O–H groups in total. The summed E-state index contributed by atoms with van der Waals surface area (Å²) in [6, 6.07) is 10.8. The minimum atomic E-state index is -0.679. The molecule has 0 bridgehead atoms. The lowest BCUT2D eigenvalue weighted by Gasteiger charge is -2.37. The molecule has 11 nitrogen and oxygen atoms in total. The van der Waals surface area contributed by atoms with Crippen LogP contribution in [0.25, 0.3) is 0 Å². The van der Waals surface area contributed by atoms with E-state index >= 15 is 0 Å². The summed E-state index contributed by atoms with van der Waals surface area (Å²) in [7, 11) is 0. The third-order valence-electron chi connectivity index (χ3n) is 9.35. The first-order valence-corrected chi connectivity index (χ1v) is 16.4. The molecule has 1 saturated carbocycles. The molecule has 1 amide bonds. The lowest BCUT2D eigenvalue weighted by Crippen LogP contribution is -2.49. The molecule has 45 heavy (non-hydrogen) atoms. The Labute approximate surface area is 266 Å². The van der Waals surface area contributed by atoms with Crippen LogP contribution in [0.2, 0.25) is 0 Å². The van der Waals surface area contributed by atoms with E-state index in [2.05, 4.69) is 56.3 Å². The van der Waals surface area contributed by atoms with E-state index in [9.17, 15) is 9.90 Å². The minimum Gasteiger partial charge on any atom is -0.486 e. The smallest absolute Gasteiger partial charge is 0.251 e. The van der Waals surface area contributed by atoms with Gasteiger partial charge in [-0.05, 0) is 81.8 Å². The Morgan fingerprint density at radius 3 is 2.64 bits per heavy atom. The van der Waals surface area contributed by atoms with Crippen molar-refractivity contribution < 1.29 is 19.1 Å². The highest BCUT2D eigenvalue weighted by Crippen LogP contribution is 2.27. The van der Waals surface area contributed by atoms with Gasteiger partial charge >= 0.3 is 0 Å². The summed E-state index contributed by atoms with van der Waals surface area (Å²) in [4.78, 5) is 29.3. The first-order chi connectivity index (χ1) is 21.8. The molecule has 1 atom stereocenters. The van der Waals surface area contributed by atoms with E-state index in [1.807, 2.05) is 25.1 Å². The van der Waals surface area contributed by atoms with Crippen LogP contribution in [-0.2, 0) is 19.6 Å². The molecule has 1 aliphatic carbocycles. The molecule has 0 spiro atoms. The van der Waals surface area contributed by atoms with E-state index in [0.717, 1.165) is 87.4 Å². The zero-order chi connectivity index (χ0) is 31.3. The van der Waals surface area contributed by atoms with Crippen LogP contribution < -0.4 is 20.3 Å². The SMILES string of the molecule is Cc1ncoc1COc1ccc2c(c1)CCN(C[C@@H](O)CNC(=O)c1cc(NC3CCC3)nc(N3CCN(C(C)C)CC3)c1)C2. The second-order valence-corrected chi connectivity index (χ2v) is 12.9. The molecule has 3 aromatic rings. The molecular formula is C34H47N7O4. The number of ether oxygens (including phenoxy) is 1. The number of benzene rings is 1. The number of amides is 1. The molecule has 3 aliphatic rings. The maximum Gasteiger partial charge on any atom is 0.251 e. The predicted molar refractivity (Wildman–Crippen MR) is 174 cm³/mol. The molecule has 6 rings (SSSR count). The van der Waals surface area contributed by atoms with Gasteiger partial charge in [-0.3, -0.25) is 14.6 Å². The maximum atomic E-state index is 13.3. The van der Waals surface area contributed by atoms with E-state index in [4.69, 9.17) is 14.1 Å². The Morgan fingerprint density at radius 1 is 1.11 bits per heavy atom. The van der Waals surface area contributed by atoms with Crippen molar-refractivity contribution in [3.63, 3.8) is 0 Å². The number of oxazole rings is 1. The van der Waals surface area contributed by atoms with Gasteiger partial charge in [-0.2, -0.15) is 0 Å². The predicted octanol–water partition coefficient (Wildman–Crippen LogP) is 3.60. The van der Waals surface area contributed by atoms with Crippen LogP contribution in [0, 0.1) is 6.92 Å². The summed E-state index contributed by atoms with van der Waals surface area (Å²) in [5, 5.41) is 17.4. The van der Waals surface area contributed by atoms with Gasteiger partial charge in [0.05, 0.1) is 11.8 Å². The van der Waals surface area contributed by atoms with Gasteiger partial charge in [0.15, 0.2) is 12.2 Å². The molecule has 1 saturated heterocycles. The fourth-order valence-electron chi connectivity index (χ4n) is 6.23. The van der Waals surface area contributed by atoms with Gasteiger partial charge in [0.1, 0.15) is 24.0 Å². The standard InChI is InChI=1S/C34H47N7O4/c1-23(2)40-11-13-41(14-12-40)33-17-27(16-32(38-33)37-28-5-4-6-28)34(43)35-18-29(42)20-39-10-9-25-15-30(8-7-26(25)19-39)44-21-31-24(3)36-22-45-31/h7-8,15-17,22-23,28-29,42H,4-6,9-14,18-21H2,1-3H3,(H,35,43)(H,37,38)/t29-/m0/s1. The van der Waals surface area contributed by atoms with Crippen molar-refractivity contribution >= 4 is 17.5 Å². The van der Waals surface area contributed by atoms with Gasteiger partial charge in [0.25, 0.3) is 5.91 Å². The van der Waals surface area contributed by atoms with Gasteiger partial charge in [-0.15, -0.1) is 0 Å². The lowest BCUT2D eigenvalue weighted by molar-refractivity contribution is 0.0841. The number of carbonyl (C=O) groups excluding carboxylic acids is 1. The zero-order valence-electron chi connectivity index (χ0n) is 26.8. The number of pyridine rings is 1. The van der Waals surface area contributed by atoms with Crippen LogP contribution in [0.15, 0.2) is 41.1 Å². The molecule has 2 fully saturated rings. The number of hydrogen-bond donors (Lipinski definition) is 3. The number of hydrogen-bond acceptors (Lipinski definition) is 10. The highest BCUT2D eigenvalue weighted by molar-refractivity contribution is 5.95. The number of nitrogens with one attached hydrogen (secondary N) is 2. The van der Waals surface area contributed by atoms with Crippen LogP contribution in [0.1, 0.15) is 66.0 Å². The van der Waals surface area contributed by atoms with Crippen molar-refractivity contribution in [3.8, 4) is 5.75 Å². The van der Waals surface area contributed by atoms with Crippen molar-refractivity contribution in [2.45, 2.75) is 77.8 Å². The van der Waals surface area contributed by atoms with Gasteiger partial charge in [0, 0.05) is 70.0 Å². The van der Waals surface area contributed by atoms with Crippen molar-refractivity contribution in [1.29, 1.82) is 0 Å². The van der Waals surface area contributed by atoms with Crippen molar-refractivity contribution in [3.05, 3.63) is 64.9 Å². The van der Waals surface area contributed by atoms with Gasteiger partial charge < -0.3 is 29.8 Å². The number of β-amino-alcohol motifs (C(OH)–C–C–N with tert-alkyl or cyclic N) is 1. The number of anilines is 2. The van der Waals surface area contributed by atoms with Crippen LogP contribution in [0.3, 0.4) is 0 Å². The summed E-state index contributed by atoms with van der Waals surface area (Å²) in [5.74, 6) is 2.94. The summed E-state index contributed by atoms with van der Waals surface area (Å²) in [6.45, 7) is 12.7. The first kappa shape index (κ1) is 31.3. The number of piperazine rings is 1. The highest BCUT2D eigenvalue weighted by atomic mass is 16.5. The average molecular weight is 618 g/mol. The monoisotopic (exact) mass is 617 g/mol. The van der Waals surface area contributed by atoms with Crippen molar-refractivity contribution in [1.82, 2.24) is 25.1 Å². The number of fused-ring (bicyclic) bond motifs is 1. The number of aliphatic hydroxyl groups is 1. The van der Waals surface area contributed by atoms with E-state index in [0.29, 0.717) is 30.8 Å². The fourth-order valence-corrected chi connectivity index (χ4v) is 6.23. The molecule has 4 heterocycles. The molecule has 0 unspecified atom stereocenters. The Balaban J connectivity index is 1.02. The van der Waals surface area contributed by atoms with Gasteiger partial charge in [-0.1, -0.05) is 6.07 Å². The second-order valence-electron chi connectivity index (χ2n) is 12.9. The normalized spacial score (nSPS) is 18.4. The molecule has 2 aromatic heterocycles. The number of nitrogens with zero attached hydrogens (tertiary/aromatic N) is 5. The van der Waals surface area contributed by atoms with E-state index in [1.165, 1.54) is 23.9 Å². The average Bonchev–Trinajstić information content (AvgIpc) is 3.44. The number of aryl methyl sites for hydroxylation is 1. The van der Waals surface area contributed by atoms with Crippen molar-refractivity contribution in [2.24, 2.45) is 0 Å². The Morgan fingerprint density at radius 2 is 1.93 bits per heavy atom. The maximum absolute atomic E-state index is 13.3. The Hall–Kier alpha value is -3.67. The molecule has 1 aromatic carbocycles. The largest absolute Gasteiger partial charge is 0.486 e. The summed E-state index contributed by atoms with van der Waals surface area (Å²) < 4.78 is 11.3. The number of carbonyl (C=O) groups is 1. The zero-order valence-corrected chi connectivity index (χ0v) is 26.8. The second kappa shape index (κ2) is 14.2. The fraction of sp³-hybridized carbons (Fsp3) is 0.559. The minimum absolute atomic E-state index is 0.187. The molecule has 0 radical (unpaired) electrons. The summed E-state index contributed by atoms with van der Waals surface area (Å²) in [5.41, 5.74) is 3.89. The van der Waals surface area contributed by atoms with E-state index in [1.54, 1.807) is 0 Å². The summed E-state index contributed by atoms with van der Waals surface area (Å²) in [6.07, 6.45) is 5.11. The molecule has 242 valence electrons. The highest BCUT2D eigenvalue weighted by Gasteiger charge is 2.24. The van der Waals surface area contributed by atoms with Gasteiger partial charge in [-0.25, -0.2) is 9.97 Å². The molecular weight excluding hydrogens is 570 g/mol. The number of aromatic nitrogens is 2. The topological polar surface area (TPSA) is 119 Å². The Bertz CT molecular complexity index is 1450. The number of rotatable bonds is 12. The number of aliphatic hydroxyl groups excluding tert-OH is 1. The van der Waals surface area contributed by atoms with Crippen molar-refractivity contribution in [2.75, 3.05) is 56.0 Å². The van der Waals surface area contributed by atoms with Crippen LogP contribution in [0.5, 0.6) is 5.75 Å². The molecule has 11 heteroatoms. The van der Waals surface area contributed by atoms with Crippen LogP contribution in [0.4, 0.5) is 11.6 Å². The third kappa shape index (κ3) is 7.95. The van der Waals surface area contributed by atoms with E-state index < -0.39 is 6.10 Å². The van der Waals surface area contributed by atoms with Crippen LogP contribution >= 0.6 is 0 Å². The Kier molecular flexibility index (Phi) is 9.87. The van der Waals surface area contributed by atoms with Crippen LogP contribution in [-0.4, -0.2) is 94.8 Å².